The Labute approximate surface area is 150 Å². The fourth-order valence-electron chi connectivity index (χ4n) is 3.59. The molecule has 2 fully saturated rings. The Kier molecular flexibility index (Phi) is 7.52. The third-order valence-electron chi connectivity index (χ3n) is 5.16. The predicted molar refractivity (Wildman–Crippen MR) is 96.1 cm³/mol. The van der Waals surface area contributed by atoms with Gasteiger partial charge in [-0.05, 0) is 19.3 Å². The first-order valence-electron chi connectivity index (χ1n) is 9.50. The molecular weight excluding hydrogens is 320 g/mol. The second-order valence-electron chi connectivity index (χ2n) is 7.30. The van der Waals surface area contributed by atoms with Gasteiger partial charge in [0.2, 0.25) is 11.8 Å². The fraction of sp³-hybridized carbons (Fsp3) is 0.833. The molecule has 4 amide bonds. The van der Waals surface area contributed by atoms with Gasteiger partial charge in [0.05, 0.1) is 6.54 Å². The van der Waals surface area contributed by atoms with Crippen LogP contribution in [0.1, 0.15) is 44.9 Å². The topological polar surface area (TPSA) is 73.0 Å². The highest BCUT2D eigenvalue weighted by molar-refractivity contribution is 5.84. The molecule has 0 aromatic heterocycles. The van der Waals surface area contributed by atoms with Crippen LogP contribution in [0, 0.1) is 5.92 Å². The Morgan fingerprint density at radius 2 is 1.48 bits per heavy atom. The first kappa shape index (κ1) is 19.5. The van der Waals surface area contributed by atoms with E-state index in [0.717, 1.165) is 38.6 Å². The Morgan fingerprint density at radius 3 is 2.12 bits per heavy atom. The first-order chi connectivity index (χ1) is 12.0. The molecule has 1 saturated carbocycles. The van der Waals surface area contributed by atoms with Gasteiger partial charge < -0.3 is 20.0 Å². The quantitative estimate of drug-likeness (QED) is 0.778. The maximum Gasteiger partial charge on any atom is 0.317 e. The van der Waals surface area contributed by atoms with Crippen LogP contribution in [0.3, 0.4) is 0 Å². The third-order valence-corrected chi connectivity index (χ3v) is 5.16. The number of hydrogen-bond donors (Lipinski definition) is 1. The molecular formula is C18H32N4O3. The van der Waals surface area contributed by atoms with E-state index >= 15 is 0 Å². The zero-order valence-corrected chi connectivity index (χ0v) is 15.6. The SMILES string of the molecule is CN(C)C(=O)NCC(=O)N1CCCN(C(=O)C2CCCCCC2)CC1. The summed E-state index contributed by atoms with van der Waals surface area (Å²) in [5, 5.41) is 2.61. The molecule has 1 aliphatic heterocycles. The largest absolute Gasteiger partial charge is 0.341 e. The molecule has 7 heteroatoms. The monoisotopic (exact) mass is 352 g/mol. The molecule has 1 heterocycles. The lowest BCUT2D eigenvalue weighted by Crippen LogP contribution is -2.45. The number of carbonyl (C=O) groups excluding carboxylic acids is 3. The van der Waals surface area contributed by atoms with E-state index in [-0.39, 0.29) is 30.3 Å². The van der Waals surface area contributed by atoms with Gasteiger partial charge in [0.1, 0.15) is 0 Å². The second kappa shape index (κ2) is 9.63. The van der Waals surface area contributed by atoms with Gasteiger partial charge in [-0.25, -0.2) is 4.79 Å². The minimum atomic E-state index is -0.270. The summed E-state index contributed by atoms with van der Waals surface area (Å²) in [7, 11) is 3.28. The molecule has 0 spiro atoms. The minimum Gasteiger partial charge on any atom is -0.341 e. The average Bonchev–Trinajstić information content (AvgIpc) is 3.01. The summed E-state index contributed by atoms with van der Waals surface area (Å²) >= 11 is 0. The van der Waals surface area contributed by atoms with Crippen molar-refractivity contribution in [3.63, 3.8) is 0 Å². The Morgan fingerprint density at radius 1 is 0.880 bits per heavy atom. The van der Waals surface area contributed by atoms with Crippen LogP contribution in [0.25, 0.3) is 0 Å². The summed E-state index contributed by atoms with van der Waals surface area (Å²) in [6, 6.07) is -0.270. The van der Waals surface area contributed by atoms with Gasteiger partial charge in [-0.2, -0.15) is 0 Å². The van der Waals surface area contributed by atoms with E-state index in [0.29, 0.717) is 19.6 Å². The van der Waals surface area contributed by atoms with Crippen LogP contribution in [-0.4, -0.2) is 79.4 Å². The van der Waals surface area contributed by atoms with Crippen LogP contribution in [0.5, 0.6) is 0 Å². The van der Waals surface area contributed by atoms with Crippen LogP contribution in [0.15, 0.2) is 0 Å². The van der Waals surface area contributed by atoms with Crippen molar-refractivity contribution in [1.82, 2.24) is 20.0 Å². The Balaban J connectivity index is 1.81. The summed E-state index contributed by atoms with van der Waals surface area (Å²) in [5.74, 6) is 0.361. The molecule has 142 valence electrons. The van der Waals surface area contributed by atoms with Crippen molar-refractivity contribution in [2.24, 2.45) is 5.92 Å². The van der Waals surface area contributed by atoms with Crippen LogP contribution in [-0.2, 0) is 9.59 Å². The van der Waals surface area contributed by atoms with Gasteiger partial charge in [-0.1, -0.05) is 25.7 Å². The molecule has 0 aromatic rings. The number of amides is 4. The summed E-state index contributed by atoms with van der Waals surface area (Å²) in [6.45, 7) is 2.53. The predicted octanol–water partition coefficient (Wildman–Crippen LogP) is 1.29. The summed E-state index contributed by atoms with van der Waals surface area (Å²) in [5.41, 5.74) is 0. The van der Waals surface area contributed by atoms with Gasteiger partial charge in [0.25, 0.3) is 0 Å². The van der Waals surface area contributed by atoms with E-state index in [9.17, 15) is 14.4 Å². The lowest BCUT2D eigenvalue weighted by Gasteiger charge is -2.26. The molecule has 1 saturated heterocycles. The van der Waals surface area contributed by atoms with Crippen LogP contribution >= 0.6 is 0 Å². The van der Waals surface area contributed by atoms with Gasteiger partial charge >= 0.3 is 6.03 Å². The second-order valence-corrected chi connectivity index (χ2v) is 7.30. The van der Waals surface area contributed by atoms with Crippen molar-refractivity contribution in [1.29, 1.82) is 0 Å². The average molecular weight is 352 g/mol. The van der Waals surface area contributed by atoms with Crippen LogP contribution in [0.4, 0.5) is 4.79 Å². The van der Waals surface area contributed by atoms with Crippen molar-refractivity contribution in [3.05, 3.63) is 0 Å². The molecule has 0 atom stereocenters. The van der Waals surface area contributed by atoms with Gasteiger partial charge in [0, 0.05) is 46.2 Å². The number of urea groups is 1. The summed E-state index contributed by atoms with van der Waals surface area (Å²) in [4.78, 5) is 41.7. The number of carbonyl (C=O) groups is 3. The fourth-order valence-corrected chi connectivity index (χ4v) is 3.59. The molecule has 1 N–H and O–H groups in total. The van der Waals surface area contributed by atoms with Crippen molar-refractivity contribution in [3.8, 4) is 0 Å². The minimum absolute atomic E-state index is 0.00752. The maximum atomic E-state index is 12.8. The lowest BCUT2D eigenvalue weighted by molar-refractivity contribution is -0.136. The lowest BCUT2D eigenvalue weighted by atomic mass is 9.98. The van der Waals surface area contributed by atoms with Crippen molar-refractivity contribution < 1.29 is 14.4 Å². The molecule has 2 rings (SSSR count). The van der Waals surface area contributed by atoms with Crippen molar-refractivity contribution in [2.45, 2.75) is 44.9 Å². The normalized spacial score (nSPS) is 19.8. The standard InChI is InChI=1S/C18H32N4O3/c1-20(2)18(25)19-14-16(23)21-10-7-11-22(13-12-21)17(24)15-8-5-3-4-6-9-15/h15H,3-14H2,1-2H3,(H,19,25). The van der Waals surface area contributed by atoms with Crippen molar-refractivity contribution in [2.75, 3.05) is 46.8 Å². The number of nitrogens with zero attached hydrogens (tertiary/aromatic N) is 3. The van der Waals surface area contributed by atoms with Crippen LogP contribution < -0.4 is 5.32 Å². The molecule has 2 aliphatic rings. The molecule has 7 nitrogen and oxygen atoms in total. The van der Waals surface area contributed by atoms with Crippen LogP contribution in [0.2, 0.25) is 0 Å². The first-order valence-corrected chi connectivity index (χ1v) is 9.50. The molecule has 0 unspecified atom stereocenters. The van der Waals surface area contributed by atoms with E-state index in [2.05, 4.69) is 5.32 Å². The smallest absolute Gasteiger partial charge is 0.317 e. The van der Waals surface area contributed by atoms with E-state index in [1.54, 1.807) is 19.0 Å². The van der Waals surface area contributed by atoms with E-state index in [4.69, 9.17) is 0 Å². The highest BCUT2D eigenvalue weighted by atomic mass is 16.2. The van der Waals surface area contributed by atoms with E-state index in [1.807, 2.05) is 4.90 Å². The Bertz CT molecular complexity index is 473. The van der Waals surface area contributed by atoms with Gasteiger partial charge in [0.15, 0.2) is 0 Å². The molecule has 25 heavy (non-hydrogen) atoms. The molecule has 0 bridgehead atoms. The maximum absolute atomic E-state index is 12.8. The van der Waals surface area contributed by atoms with Gasteiger partial charge in [-0.15, -0.1) is 0 Å². The number of hydrogen-bond acceptors (Lipinski definition) is 3. The molecule has 0 radical (unpaired) electrons. The van der Waals surface area contributed by atoms with Gasteiger partial charge in [-0.3, -0.25) is 9.59 Å². The molecule has 1 aliphatic carbocycles. The van der Waals surface area contributed by atoms with E-state index < -0.39 is 0 Å². The zero-order chi connectivity index (χ0) is 18.2. The number of rotatable bonds is 3. The number of nitrogens with one attached hydrogen (secondary N) is 1. The Hall–Kier alpha value is -1.79. The van der Waals surface area contributed by atoms with Crippen molar-refractivity contribution >= 4 is 17.8 Å². The summed E-state index contributed by atoms with van der Waals surface area (Å²) in [6.07, 6.45) is 7.60. The van der Waals surface area contributed by atoms with E-state index in [1.165, 1.54) is 17.7 Å². The third kappa shape index (κ3) is 5.90. The zero-order valence-electron chi connectivity index (χ0n) is 15.6. The summed E-state index contributed by atoms with van der Waals surface area (Å²) < 4.78 is 0. The molecule has 0 aromatic carbocycles. The highest BCUT2D eigenvalue weighted by Gasteiger charge is 2.27. The highest BCUT2D eigenvalue weighted by Crippen LogP contribution is 2.25.